The lowest BCUT2D eigenvalue weighted by Crippen LogP contribution is -2.20. The first-order valence-electron chi connectivity index (χ1n) is 9.02. The number of nitrogens with zero attached hydrogens (tertiary/aromatic N) is 2. The summed E-state index contributed by atoms with van der Waals surface area (Å²) in [5.74, 6) is 0. The molecule has 2 heterocycles. The summed E-state index contributed by atoms with van der Waals surface area (Å²) >= 11 is 0. The zero-order chi connectivity index (χ0) is 19.1. The number of aromatic nitrogens is 2. The standard InChI is InChI=1S/C21H22N2O3S/c1-16-9-11-18(12-10-16)27(24,25)23-15-19(21(2)13-6-14-26-21)20(22-23)17-7-4-3-5-8-17/h3-5,7-12,15H,6,13-14H2,1-2H3/t21-/m0/s1. The molecule has 0 aliphatic carbocycles. The summed E-state index contributed by atoms with van der Waals surface area (Å²) in [6.45, 7) is 4.60. The third-order valence-electron chi connectivity index (χ3n) is 5.09. The van der Waals surface area contributed by atoms with E-state index in [1.54, 1.807) is 30.5 Å². The van der Waals surface area contributed by atoms with Crippen molar-refractivity contribution in [3.05, 3.63) is 71.9 Å². The summed E-state index contributed by atoms with van der Waals surface area (Å²) in [7, 11) is -3.77. The van der Waals surface area contributed by atoms with Crippen molar-refractivity contribution < 1.29 is 13.2 Å². The Morgan fingerprint density at radius 3 is 2.41 bits per heavy atom. The van der Waals surface area contributed by atoms with Gasteiger partial charge in [-0.1, -0.05) is 48.0 Å². The lowest BCUT2D eigenvalue weighted by Gasteiger charge is -2.23. The molecule has 3 aromatic rings. The van der Waals surface area contributed by atoms with Gasteiger partial charge < -0.3 is 4.74 Å². The predicted molar refractivity (Wildman–Crippen MR) is 104 cm³/mol. The van der Waals surface area contributed by atoms with Gasteiger partial charge in [-0.15, -0.1) is 0 Å². The van der Waals surface area contributed by atoms with Gasteiger partial charge in [0.05, 0.1) is 16.2 Å². The minimum Gasteiger partial charge on any atom is -0.370 e. The van der Waals surface area contributed by atoms with Crippen LogP contribution in [-0.2, 0) is 20.4 Å². The Hall–Kier alpha value is -2.44. The molecule has 0 bridgehead atoms. The number of hydrogen-bond acceptors (Lipinski definition) is 4. The Kier molecular flexibility index (Phi) is 4.40. The summed E-state index contributed by atoms with van der Waals surface area (Å²) in [4.78, 5) is 0.222. The molecule has 0 spiro atoms. The van der Waals surface area contributed by atoms with Crippen molar-refractivity contribution in [2.24, 2.45) is 0 Å². The van der Waals surface area contributed by atoms with Gasteiger partial charge in [0, 0.05) is 23.9 Å². The Morgan fingerprint density at radius 1 is 1.07 bits per heavy atom. The van der Waals surface area contributed by atoms with Crippen molar-refractivity contribution in [2.45, 2.75) is 37.2 Å². The van der Waals surface area contributed by atoms with Gasteiger partial charge in [-0.05, 0) is 38.8 Å². The largest absolute Gasteiger partial charge is 0.370 e. The number of hydrogen-bond donors (Lipinski definition) is 0. The van der Waals surface area contributed by atoms with Gasteiger partial charge in [0.2, 0.25) is 0 Å². The lowest BCUT2D eigenvalue weighted by atomic mass is 9.91. The average Bonchev–Trinajstić information content (AvgIpc) is 3.31. The molecule has 0 amide bonds. The number of benzene rings is 2. The molecule has 1 aliphatic rings. The highest BCUT2D eigenvalue weighted by molar-refractivity contribution is 7.89. The molecule has 4 rings (SSSR count). The van der Waals surface area contributed by atoms with Crippen molar-refractivity contribution in [1.82, 2.24) is 9.19 Å². The van der Waals surface area contributed by atoms with E-state index in [0.29, 0.717) is 12.3 Å². The first kappa shape index (κ1) is 17.9. The second kappa shape index (κ2) is 6.62. The van der Waals surface area contributed by atoms with E-state index in [-0.39, 0.29) is 4.90 Å². The summed E-state index contributed by atoms with van der Waals surface area (Å²) in [6, 6.07) is 16.4. The van der Waals surface area contributed by atoms with Gasteiger partial charge in [0.1, 0.15) is 0 Å². The first-order valence-corrected chi connectivity index (χ1v) is 10.5. The number of aryl methyl sites for hydroxylation is 1. The molecular formula is C21H22N2O3S. The Labute approximate surface area is 159 Å². The molecule has 0 N–H and O–H groups in total. The van der Waals surface area contributed by atoms with Crippen LogP contribution in [0.15, 0.2) is 65.7 Å². The van der Waals surface area contributed by atoms with E-state index in [2.05, 4.69) is 5.10 Å². The third kappa shape index (κ3) is 3.19. The molecule has 0 radical (unpaired) electrons. The van der Waals surface area contributed by atoms with Crippen LogP contribution in [0, 0.1) is 6.92 Å². The molecule has 1 saturated heterocycles. The van der Waals surface area contributed by atoms with Gasteiger partial charge in [-0.25, -0.2) is 0 Å². The van der Waals surface area contributed by atoms with Crippen molar-refractivity contribution in [2.75, 3.05) is 6.61 Å². The highest BCUT2D eigenvalue weighted by Gasteiger charge is 2.37. The van der Waals surface area contributed by atoms with Crippen molar-refractivity contribution in [3.8, 4) is 11.3 Å². The molecule has 6 heteroatoms. The van der Waals surface area contributed by atoms with Gasteiger partial charge in [0.25, 0.3) is 10.0 Å². The van der Waals surface area contributed by atoms with Crippen LogP contribution in [0.3, 0.4) is 0 Å². The molecule has 0 unspecified atom stereocenters. The van der Waals surface area contributed by atoms with Gasteiger partial charge in [0.15, 0.2) is 0 Å². The fraction of sp³-hybridized carbons (Fsp3) is 0.286. The lowest BCUT2D eigenvalue weighted by molar-refractivity contribution is 0.0173. The SMILES string of the molecule is Cc1ccc(S(=O)(=O)n2cc([C@]3(C)CCCO3)c(-c3ccccc3)n2)cc1. The van der Waals surface area contributed by atoms with E-state index in [4.69, 9.17) is 4.74 Å². The molecule has 2 aromatic carbocycles. The fourth-order valence-electron chi connectivity index (χ4n) is 3.48. The maximum atomic E-state index is 13.1. The topological polar surface area (TPSA) is 61.2 Å². The second-order valence-corrected chi connectivity index (χ2v) is 8.93. The van der Waals surface area contributed by atoms with E-state index < -0.39 is 15.6 Å². The molecule has 1 aromatic heterocycles. The maximum Gasteiger partial charge on any atom is 0.282 e. The smallest absolute Gasteiger partial charge is 0.282 e. The van der Waals surface area contributed by atoms with Crippen molar-refractivity contribution in [1.29, 1.82) is 0 Å². The quantitative estimate of drug-likeness (QED) is 0.681. The van der Waals surface area contributed by atoms with E-state index in [1.807, 2.05) is 44.2 Å². The van der Waals surface area contributed by atoms with Gasteiger partial charge in [-0.3, -0.25) is 0 Å². The van der Waals surface area contributed by atoms with Crippen LogP contribution in [0.4, 0.5) is 0 Å². The number of ether oxygens (including phenoxy) is 1. The Balaban J connectivity index is 1.88. The van der Waals surface area contributed by atoms with Crippen LogP contribution in [0.5, 0.6) is 0 Å². The van der Waals surface area contributed by atoms with Gasteiger partial charge >= 0.3 is 0 Å². The van der Waals surface area contributed by atoms with Crippen LogP contribution in [0.2, 0.25) is 0 Å². The first-order chi connectivity index (χ1) is 12.9. The predicted octanol–water partition coefficient (Wildman–Crippen LogP) is 4.12. The minimum atomic E-state index is -3.77. The van der Waals surface area contributed by atoms with Crippen LogP contribution in [0.25, 0.3) is 11.3 Å². The molecule has 27 heavy (non-hydrogen) atoms. The molecule has 1 atom stereocenters. The Bertz CT molecular complexity index is 1050. The molecule has 1 aliphatic heterocycles. The molecule has 140 valence electrons. The average molecular weight is 382 g/mol. The monoisotopic (exact) mass is 382 g/mol. The zero-order valence-corrected chi connectivity index (χ0v) is 16.2. The highest BCUT2D eigenvalue weighted by Crippen LogP contribution is 2.40. The van der Waals surface area contributed by atoms with Crippen LogP contribution < -0.4 is 0 Å². The molecular weight excluding hydrogens is 360 g/mol. The van der Waals surface area contributed by atoms with E-state index in [1.165, 1.54) is 0 Å². The minimum absolute atomic E-state index is 0.222. The van der Waals surface area contributed by atoms with Crippen LogP contribution in [0.1, 0.15) is 30.9 Å². The fourth-order valence-corrected chi connectivity index (χ4v) is 4.61. The zero-order valence-electron chi connectivity index (χ0n) is 15.4. The van der Waals surface area contributed by atoms with Crippen molar-refractivity contribution >= 4 is 10.0 Å². The second-order valence-electron chi connectivity index (χ2n) is 7.13. The van der Waals surface area contributed by atoms with Crippen LogP contribution in [-0.4, -0.2) is 24.2 Å². The summed E-state index contributed by atoms with van der Waals surface area (Å²) in [5, 5.41) is 4.49. The number of rotatable bonds is 4. The Morgan fingerprint density at radius 2 is 1.78 bits per heavy atom. The molecule has 0 saturated carbocycles. The summed E-state index contributed by atoms with van der Waals surface area (Å²) in [5.41, 5.74) is 2.80. The summed E-state index contributed by atoms with van der Waals surface area (Å²) < 4.78 is 33.3. The van der Waals surface area contributed by atoms with Crippen molar-refractivity contribution in [3.63, 3.8) is 0 Å². The van der Waals surface area contributed by atoms with Crippen LogP contribution >= 0.6 is 0 Å². The highest BCUT2D eigenvalue weighted by atomic mass is 32.2. The molecule has 5 nitrogen and oxygen atoms in total. The molecule has 1 fully saturated rings. The van der Waals surface area contributed by atoms with E-state index in [0.717, 1.165) is 33.6 Å². The van der Waals surface area contributed by atoms with Gasteiger partial charge in [-0.2, -0.15) is 17.6 Å². The third-order valence-corrected chi connectivity index (χ3v) is 6.64. The normalized spacial score (nSPS) is 20.1. The maximum absolute atomic E-state index is 13.1. The van der Waals surface area contributed by atoms with E-state index >= 15 is 0 Å². The summed E-state index contributed by atoms with van der Waals surface area (Å²) in [6.07, 6.45) is 3.40. The van der Waals surface area contributed by atoms with E-state index in [9.17, 15) is 8.42 Å².